The van der Waals surface area contributed by atoms with Gasteiger partial charge in [0.25, 0.3) is 0 Å². The molecule has 0 bridgehead atoms. The van der Waals surface area contributed by atoms with Crippen LogP contribution in [-0.2, 0) is 0 Å². The molecule has 21 heavy (non-hydrogen) atoms. The Kier molecular flexibility index (Phi) is 3.80. The fourth-order valence-corrected chi connectivity index (χ4v) is 2.25. The summed E-state index contributed by atoms with van der Waals surface area (Å²) in [6.07, 6.45) is 2.85. The van der Waals surface area contributed by atoms with E-state index in [1.165, 1.54) is 24.7 Å². The summed E-state index contributed by atoms with van der Waals surface area (Å²) in [5.74, 6) is -0.266. The van der Waals surface area contributed by atoms with Gasteiger partial charge in [0.2, 0.25) is 0 Å². The van der Waals surface area contributed by atoms with E-state index in [0.717, 1.165) is 0 Å². The first-order valence-electron chi connectivity index (χ1n) is 5.73. The zero-order chi connectivity index (χ0) is 15.0. The molecule has 1 N–H and O–H groups in total. The summed E-state index contributed by atoms with van der Waals surface area (Å²) in [5.41, 5.74) is 0.731. The van der Waals surface area contributed by atoms with Crippen LogP contribution in [0.1, 0.15) is 0 Å². The molecule has 1 aromatic carbocycles. The Balaban J connectivity index is 2.10. The summed E-state index contributed by atoms with van der Waals surface area (Å²) in [5, 5.41) is 3.74. The van der Waals surface area contributed by atoms with Crippen LogP contribution in [-0.4, -0.2) is 15.0 Å². The maximum Gasteiger partial charge on any atom is 0.166 e. The van der Waals surface area contributed by atoms with Crippen LogP contribution in [0.15, 0.2) is 30.7 Å². The molecule has 0 aliphatic heterocycles. The van der Waals surface area contributed by atoms with Crippen molar-refractivity contribution in [2.45, 2.75) is 0 Å². The Morgan fingerprint density at radius 1 is 1.05 bits per heavy atom. The maximum absolute atomic E-state index is 14.1. The quantitative estimate of drug-likeness (QED) is 0.533. The number of fused-ring (bicyclic) bond motifs is 1. The van der Waals surface area contributed by atoms with Gasteiger partial charge in [-0.05, 0) is 18.2 Å². The Morgan fingerprint density at radius 3 is 2.67 bits per heavy atom. The highest BCUT2D eigenvalue weighted by Crippen LogP contribution is 2.32. The normalized spacial score (nSPS) is 10.9. The van der Waals surface area contributed by atoms with Crippen molar-refractivity contribution in [1.82, 2.24) is 15.0 Å². The molecule has 8 heteroatoms. The summed E-state index contributed by atoms with van der Waals surface area (Å²) >= 11 is 17.4. The highest BCUT2D eigenvalue weighted by molar-refractivity contribution is 6.42. The van der Waals surface area contributed by atoms with Crippen molar-refractivity contribution in [3.8, 4) is 0 Å². The van der Waals surface area contributed by atoms with Crippen LogP contribution in [0, 0.1) is 5.82 Å². The van der Waals surface area contributed by atoms with Gasteiger partial charge in [-0.25, -0.2) is 19.3 Å². The summed E-state index contributed by atoms with van der Waals surface area (Å²) < 4.78 is 14.1. The van der Waals surface area contributed by atoms with E-state index in [1.807, 2.05) is 0 Å². The fourth-order valence-electron chi connectivity index (χ4n) is 1.78. The Morgan fingerprint density at radius 2 is 1.86 bits per heavy atom. The second-order valence-corrected chi connectivity index (χ2v) is 5.27. The van der Waals surface area contributed by atoms with Crippen LogP contribution < -0.4 is 5.32 Å². The first-order valence-corrected chi connectivity index (χ1v) is 6.86. The molecule has 2 aromatic heterocycles. The lowest BCUT2D eigenvalue weighted by atomic mass is 10.2. The second kappa shape index (κ2) is 5.60. The molecule has 3 aromatic rings. The van der Waals surface area contributed by atoms with Gasteiger partial charge < -0.3 is 5.32 Å². The zero-order valence-electron chi connectivity index (χ0n) is 10.2. The number of aromatic nitrogens is 3. The molecule has 0 saturated carbocycles. The minimum absolute atomic E-state index is 0.138. The topological polar surface area (TPSA) is 50.7 Å². The molecular formula is C13H6Cl3FN4. The van der Waals surface area contributed by atoms with Crippen molar-refractivity contribution in [1.29, 1.82) is 0 Å². The maximum atomic E-state index is 14.1. The number of hydrogen-bond acceptors (Lipinski definition) is 4. The van der Waals surface area contributed by atoms with Crippen LogP contribution in [0.3, 0.4) is 0 Å². The predicted octanol–water partition coefficient (Wildman–Crippen LogP) is 4.87. The minimum Gasteiger partial charge on any atom is -0.337 e. The van der Waals surface area contributed by atoms with Crippen LogP contribution in [0.2, 0.25) is 15.2 Å². The molecule has 0 atom stereocenters. The van der Waals surface area contributed by atoms with E-state index in [1.54, 1.807) is 6.07 Å². The SMILES string of the molecule is Fc1c(Nc2ncnc3cnc(Cl)cc23)ccc(Cl)c1Cl. The smallest absolute Gasteiger partial charge is 0.166 e. The molecule has 2 heterocycles. The molecule has 0 aliphatic rings. The lowest BCUT2D eigenvalue weighted by Gasteiger charge is -2.10. The van der Waals surface area contributed by atoms with Gasteiger partial charge in [0.05, 0.1) is 27.4 Å². The first-order chi connectivity index (χ1) is 10.1. The average Bonchev–Trinajstić information content (AvgIpc) is 2.48. The van der Waals surface area contributed by atoms with Crippen molar-refractivity contribution >= 4 is 57.2 Å². The Labute approximate surface area is 133 Å². The fraction of sp³-hybridized carbons (Fsp3) is 0. The number of halogens is 4. The highest BCUT2D eigenvalue weighted by atomic mass is 35.5. The number of rotatable bonds is 2. The number of anilines is 2. The lowest BCUT2D eigenvalue weighted by Crippen LogP contribution is -1.99. The van der Waals surface area contributed by atoms with Gasteiger partial charge in [0.1, 0.15) is 17.3 Å². The van der Waals surface area contributed by atoms with E-state index in [0.29, 0.717) is 16.7 Å². The predicted molar refractivity (Wildman–Crippen MR) is 82.0 cm³/mol. The van der Waals surface area contributed by atoms with Gasteiger partial charge in [0.15, 0.2) is 5.82 Å². The third-order valence-electron chi connectivity index (χ3n) is 2.78. The van der Waals surface area contributed by atoms with Gasteiger partial charge in [-0.1, -0.05) is 34.8 Å². The van der Waals surface area contributed by atoms with E-state index in [2.05, 4.69) is 20.3 Å². The minimum atomic E-state index is -0.656. The molecule has 0 aliphatic carbocycles. The van der Waals surface area contributed by atoms with Crippen LogP contribution in [0.4, 0.5) is 15.9 Å². The van der Waals surface area contributed by atoms with Crippen molar-refractivity contribution < 1.29 is 4.39 Å². The van der Waals surface area contributed by atoms with Crippen molar-refractivity contribution in [3.05, 3.63) is 51.7 Å². The van der Waals surface area contributed by atoms with Crippen molar-refractivity contribution in [2.24, 2.45) is 0 Å². The summed E-state index contributed by atoms with van der Waals surface area (Å²) in [6, 6.07) is 4.56. The third kappa shape index (κ3) is 2.72. The number of pyridine rings is 1. The monoisotopic (exact) mass is 342 g/mol. The summed E-state index contributed by atoms with van der Waals surface area (Å²) in [7, 11) is 0. The van der Waals surface area contributed by atoms with Gasteiger partial charge >= 0.3 is 0 Å². The van der Waals surface area contributed by atoms with E-state index in [9.17, 15) is 4.39 Å². The van der Waals surface area contributed by atoms with Crippen LogP contribution >= 0.6 is 34.8 Å². The number of hydrogen-bond donors (Lipinski definition) is 1. The van der Waals surface area contributed by atoms with Crippen molar-refractivity contribution in [3.63, 3.8) is 0 Å². The largest absolute Gasteiger partial charge is 0.337 e. The molecule has 3 rings (SSSR count). The average molecular weight is 344 g/mol. The summed E-state index contributed by atoms with van der Waals surface area (Å²) in [6.45, 7) is 0. The molecule has 4 nitrogen and oxygen atoms in total. The van der Waals surface area contributed by atoms with Crippen LogP contribution in [0.5, 0.6) is 0 Å². The van der Waals surface area contributed by atoms with Gasteiger partial charge in [-0.3, -0.25) is 0 Å². The number of nitrogens with one attached hydrogen (secondary N) is 1. The van der Waals surface area contributed by atoms with E-state index >= 15 is 0 Å². The zero-order valence-corrected chi connectivity index (χ0v) is 12.5. The summed E-state index contributed by atoms with van der Waals surface area (Å²) in [4.78, 5) is 12.1. The molecular weight excluding hydrogens is 338 g/mol. The second-order valence-electron chi connectivity index (χ2n) is 4.09. The van der Waals surface area contributed by atoms with E-state index in [-0.39, 0.29) is 20.9 Å². The number of benzene rings is 1. The molecule has 0 fully saturated rings. The highest BCUT2D eigenvalue weighted by Gasteiger charge is 2.13. The molecule has 0 saturated heterocycles. The van der Waals surface area contributed by atoms with E-state index in [4.69, 9.17) is 34.8 Å². The van der Waals surface area contributed by atoms with Crippen molar-refractivity contribution in [2.75, 3.05) is 5.32 Å². The van der Waals surface area contributed by atoms with Gasteiger partial charge in [-0.2, -0.15) is 0 Å². The standard InChI is InChI=1S/C13H6Cl3FN4/c14-7-1-2-8(12(17)11(7)16)21-13-6-3-10(15)18-4-9(6)19-5-20-13/h1-5H,(H,19,20,21). The van der Waals surface area contributed by atoms with E-state index < -0.39 is 5.82 Å². The first kappa shape index (κ1) is 14.3. The molecule has 0 unspecified atom stereocenters. The van der Waals surface area contributed by atoms with Gasteiger partial charge in [-0.15, -0.1) is 0 Å². The number of nitrogens with zero attached hydrogens (tertiary/aromatic N) is 3. The lowest BCUT2D eigenvalue weighted by molar-refractivity contribution is 0.632. The Bertz CT molecular complexity index is 841. The molecule has 0 amide bonds. The molecule has 106 valence electrons. The Hall–Kier alpha value is -1.69. The molecule has 0 radical (unpaired) electrons. The van der Waals surface area contributed by atoms with Crippen LogP contribution in [0.25, 0.3) is 10.9 Å². The molecule has 0 spiro atoms. The van der Waals surface area contributed by atoms with Gasteiger partial charge in [0, 0.05) is 5.39 Å². The third-order valence-corrected chi connectivity index (χ3v) is 3.76.